The second-order valence-corrected chi connectivity index (χ2v) is 10.4. The van der Waals surface area contributed by atoms with Gasteiger partial charge in [0.25, 0.3) is 0 Å². The van der Waals surface area contributed by atoms with Crippen molar-refractivity contribution < 1.29 is 0 Å². The third-order valence-corrected chi connectivity index (χ3v) is 8.78. The van der Waals surface area contributed by atoms with Crippen molar-refractivity contribution >= 4 is 87.0 Å². The molecule has 0 N–H and O–H groups in total. The number of hydrogen-bond donors (Lipinski definition) is 0. The molecule has 0 radical (unpaired) electrons. The molecule has 0 atom stereocenters. The number of hydrogen-bond acceptors (Lipinski definition) is 3. The van der Waals surface area contributed by atoms with E-state index >= 15 is 0 Å². The molecule has 4 heterocycles. The zero-order chi connectivity index (χ0) is 22.0. The van der Waals surface area contributed by atoms with E-state index in [2.05, 4.69) is 83.3 Å². The summed E-state index contributed by atoms with van der Waals surface area (Å²) in [7, 11) is 0. The summed E-state index contributed by atoms with van der Waals surface area (Å²) in [5, 5.41) is 7.65. The van der Waals surface area contributed by atoms with E-state index in [1.807, 2.05) is 11.3 Å². The van der Waals surface area contributed by atoms with Crippen LogP contribution in [0.15, 0.2) is 72.8 Å². The van der Waals surface area contributed by atoms with E-state index < -0.39 is 0 Å². The van der Waals surface area contributed by atoms with E-state index in [0.29, 0.717) is 0 Å². The number of aryl methyl sites for hydroxylation is 1. The Morgan fingerprint density at radius 2 is 1.56 bits per heavy atom. The molecular formula is C30H17N3S. The normalized spacial score (nSPS) is 13.9. The van der Waals surface area contributed by atoms with Crippen molar-refractivity contribution in [1.82, 2.24) is 14.4 Å². The summed E-state index contributed by atoms with van der Waals surface area (Å²) in [5.74, 6) is 0. The highest BCUT2D eigenvalue weighted by Gasteiger charge is 2.24. The maximum Gasteiger partial charge on any atom is 0.165 e. The Bertz CT molecular complexity index is 2230. The van der Waals surface area contributed by atoms with Crippen LogP contribution in [-0.2, 0) is 6.42 Å². The fourth-order valence-corrected chi connectivity index (χ4v) is 7.39. The summed E-state index contributed by atoms with van der Waals surface area (Å²) in [6, 6.07) is 26.2. The molecule has 4 aromatic heterocycles. The smallest absolute Gasteiger partial charge is 0.165 e. The van der Waals surface area contributed by atoms with Crippen LogP contribution in [-0.4, -0.2) is 14.4 Å². The summed E-state index contributed by atoms with van der Waals surface area (Å²) >= 11 is 1.89. The quantitative estimate of drug-likeness (QED) is 0.229. The van der Waals surface area contributed by atoms with E-state index in [1.54, 1.807) is 0 Å². The monoisotopic (exact) mass is 451 g/mol. The summed E-state index contributed by atoms with van der Waals surface area (Å²) in [5.41, 5.74) is 8.00. The molecule has 4 heteroatoms. The lowest BCUT2D eigenvalue weighted by Crippen LogP contribution is -2.07. The molecule has 0 unspecified atom stereocenters. The van der Waals surface area contributed by atoms with Crippen LogP contribution in [0.5, 0.6) is 0 Å². The van der Waals surface area contributed by atoms with Gasteiger partial charge in [-0.05, 0) is 35.9 Å². The Balaban J connectivity index is 1.59. The first-order valence-electron chi connectivity index (χ1n) is 11.8. The van der Waals surface area contributed by atoms with E-state index in [-0.39, 0.29) is 0 Å². The molecule has 8 aromatic rings. The van der Waals surface area contributed by atoms with E-state index in [9.17, 15) is 0 Å². The van der Waals surface area contributed by atoms with Crippen molar-refractivity contribution in [2.45, 2.75) is 12.8 Å². The lowest BCUT2D eigenvalue weighted by atomic mass is 10.0. The standard InChI is InChI=1S/C30H17N3S/c1-2-7-17-16(6-1)12-15-23-25(17)32-30-26(31-23)22-10-5-9-19-20-13-14-21-18-8-3-4-11-24(18)34-29(21)28(20)33(30)27(19)22/h1-4,6-8,10-15H,5,9H2. The van der Waals surface area contributed by atoms with Gasteiger partial charge in [0, 0.05) is 31.5 Å². The lowest BCUT2D eigenvalue weighted by Gasteiger charge is -2.05. The third kappa shape index (κ3) is 1.96. The molecular weight excluding hydrogens is 434 g/mol. The highest BCUT2D eigenvalue weighted by molar-refractivity contribution is 7.26. The average molecular weight is 452 g/mol. The number of benzene rings is 4. The van der Waals surface area contributed by atoms with Crippen molar-refractivity contribution in [2.24, 2.45) is 0 Å². The highest BCUT2D eigenvalue weighted by Crippen LogP contribution is 2.42. The lowest BCUT2D eigenvalue weighted by molar-refractivity contribution is 1.05. The van der Waals surface area contributed by atoms with Crippen molar-refractivity contribution in [3.05, 3.63) is 83.6 Å². The van der Waals surface area contributed by atoms with Gasteiger partial charge in [0.2, 0.25) is 0 Å². The maximum absolute atomic E-state index is 5.34. The second kappa shape index (κ2) is 5.91. The predicted molar refractivity (Wildman–Crippen MR) is 144 cm³/mol. The van der Waals surface area contributed by atoms with Crippen LogP contribution in [0.4, 0.5) is 0 Å². The van der Waals surface area contributed by atoms with Crippen molar-refractivity contribution in [2.75, 3.05) is 0 Å². The van der Waals surface area contributed by atoms with Gasteiger partial charge in [-0.2, -0.15) is 0 Å². The molecule has 0 fully saturated rings. The zero-order valence-corrected chi connectivity index (χ0v) is 19.0. The van der Waals surface area contributed by atoms with Gasteiger partial charge in [-0.1, -0.05) is 66.7 Å². The third-order valence-electron chi connectivity index (χ3n) is 7.58. The van der Waals surface area contributed by atoms with Crippen LogP contribution in [0.2, 0.25) is 0 Å². The van der Waals surface area contributed by atoms with Gasteiger partial charge in [0.05, 0.1) is 26.8 Å². The molecule has 0 amide bonds. The number of fused-ring (bicyclic) bond motifs is 13. The first kappa shape index (κ1) is 17.5. The predicted octanol–water partition coefficient (Wildman–Crippen LogP) is 7.16. The van der Waals surface area contributed by atoms with Gasteiger partial charge in [0.15, 0.2) is 5.65 Å². The number of rotatable bonds is 0. The van der Waals surface area contributed by atoms with Crippen LogP contribution in [0.1, 0.15) is 12.0 Å². The molecule has 1 aliphatic carbocycles. The average Bonchev–Trinajstić information content (AvgIpc) is 3.54. The summed E-state index contributed by atoms with van der Waals surface area (Å²) < 4.78 is 5.11. The van der Waals surface area contributed by atoms with Gasteiger partial charge in [-0.25, -0.2) is 9.97 Å². The van der Waals surface area contributed by atoms with E-state index in [4.69, 9.17) is 9.97 Å². The van der Waals surface area contributed by atoms with Crippen LogP contribution in [0.3, 0.4) is 0 Å². The van der Waals surface area contributed by atoms with Gasteiger partial charge >= 0.3 is 0 Å². The van der Waals surface area contributed by atoms with E-state index in [0.717, 1.165) is 40.4 Å². The Labute approximate surface area is 197 Å². The fourth-order valence-electron chi connectivity index (χ4n) is 6.15. The van der Waals surface area contributed by atoms with Crippen LogP contribution >= 0.6 is 11.3 Å². The number of aromatic nitrogens is 3. The summed E-state index contributed by atoms with van der Waals surface area (Å²) in [6.07, 6.45) is 4.48. The molecule has 34 heavy (non-hydrogen) atoms. The van der Waals surface area contributed by atoms with Gasteiger partial charge in [-0.3, -0.25) is 4.40 Å². The minimum atomic E-state index is 0.965. The molecule has 1 aliphatic rings. The molecule has 0 bridgehead atoms. The SMILES string of the molecule is C1=c2c3nc4ccc5ccccc5c4nc3n3c2c(c2ccc4c5ccccc5sc4c23)CC1. The second-order valence-electron chi connectivity index (χ2n) is 9.31. The molecule has 4 aromatic carbocycles. The van der Waals surface area contributed by atoms with Crippen LogP contribution in [0, 0.1) is 0 Å². The topological polar surface area (TPSA) is 30.2 Å². The van der Waals surface area contributed by atoms with E-state index in [1.165, 1.54) is 52.8 Å². The zero-order valence-electron chi connectivity index (χ0n) is 18.2. The van der Waals surface area contributed by atoms with Gasteiger partial charge in [0.1, 0.15) is 5.52 Å². The van der Waals surface area contributed by atoms with Crippen molar-refractivity contribution in [1.29, 1.82) is 0 Å². The summed E-state index contributed by atoms with van der Waals surface area (Å²) in [6.45, 7) is 0. The minimum Gasteiger partial charge on any atom is -0.290 e. The Morgan fingerprint density at radius 3 is 2.53 bits per heavy atom. The molecule has 158 valence electrons. The van der Waals surface area contributed by atoms with Crippen LogP contribution in [0.25, 0.3) is 75.6 Å². The molecule has 3 nitrogen and oxygen atoms in total. The summed E-state index contributed by atoms with van der Waals surface area (Å²) in [4.78, 5) is 10.5. The minimum absolute atomic E-state index is 0.965. The largest absolute Gasteiger partial charge is 0.290 e. The van der Waals surface area contributed by atoms with Crippen molar-refractivity contribution in [3.8, 4) is 0 Å². The number of thiophene rings is 1. The first-order chi connectivity index (χ1) is 16.9. The fraction of sp³-hybridized carbons (Fsp3) is 0.0667. The van der Waals surface area contributed by atoms with Crippen molar-refractivity contribution in [3.63, 3.8) is 0 Å². The Kier molecular flexibility index (Phi) is 3.03. The molecule has 0 spiro atoms. The molecule has 0 aliphatic heterocycles. The van der Waals surface area contributed by atoms with Gasteiger partial charge < -0.3 is 0 Å². The Morgan fingerprint density at radius 1 is 0.706 bits per heavy atom. The molecule has 9 rings (SSSR count). The highest BCUT2D eigenvalue weighted by atomic mass is 32.1. The van der Waals surface area contributed by atoms with Gasteiger partial charge in [-0.15, -0.1) is 11.3 Å². The van der Waals surface area contributed by atoms with Crippen LogP contribution < -0.4 is 5.22 Å². The molecule has 0 saturated heterocycles. The maximum atomic E-state index is 5.34. The first-order valence-corrected chi connectivity index (χ1v) is 12.6. The number of nitrogens with zero attached hydrogens (tertiary/aromatic N) is 3. The Hall–Kier alpha value is -4.02. The molecule has 0 saturated carbocycles.